The minimum absolute atomic E-state index is 0.211. The Hall–Kier alpha value is -3.74. The monoisotopic (exact) mass is 372 g/mol. The predicted molar refractivity (Wildman–Crippen MR) is 108 cm³/mol. The third-order valence-corrected chi connectivity index (χ3v) is 4.46. The molecule has 4 rings (SSSR count). The van der Waals surface area contributed by atoms with Gasteiger partial charge < -0.3 is 10.6 Å². The van der Waals surface area contributed by atoms with Crippen LogP contribution >= 0.6 is 0 Å². The zero-order valence-corrected chi connectivity index (χ0v) is 15.6. The van der Waals surface area contributed by atoms with Crippen molar-refractivity contribution in [1.82, 2.24) is 25.5 Å². The van der Waals surface area contributed by atoms with Gasteiger partial charge in [-0.25, -0.2) is 4.98 Å². The summed E-state index contributed by atoms with van der Waals surface area (Å²) in [6.45, 7) is 3.80. The topological polar surface area (TPSA) is 95.6 Å². The Kier molecular flexibility index (Phi) is 4.72. The molecule has 0 spiro atoms. The molecule has 7 nitrogen and oxygen atoms in total. The predicted octanol–water partition coefficient (Wildman–Crippen LogP) is 3.90. The van der Waals surface area contributed by atoms with Crippen LogP contribution in [0.3, 0.4) is 0 Å². The SMILES string of the molecule is Cc1ccc(C(=O)NC(C)c2ccccn2)c(Nc2ccc3[nH]ncc3c2)n1. The second-order valence-corrected chi connectivity index (χ2v) is 6.60. The minimum atomic E-state index is -0.217. The zero-order valence-electron chi connectivity index (χ0n) is 15.6. The van der Waals surface area contributed by atoms with Gasteiger partial charge in [0.25, 0.3) is 5.91 Å². The second kappa shape index (κ2) is 7.48. The molecule has 1 aromatic carbocycles. The number of fused-ring (bicyclic) bond motifs is 1. The van der Waals surface area contributed by atoms with Crippen LogP contribution in [0.4, 0.5) is 11.5 Å². The van der Waals surface area contributed by atoms with Crippen LogP contribution in [0.25, 0.3) is 10.9 Å². The summed E-state index contributed by atoms with van der Waals surface area (Å²) in [6, 6.07) is 14.8. The van der Waals surface area contributed by atoms with Gasteiger partial charge >= 0.3 is 0 Å². The molecule has 3 aromatic heterocycles. The molecule has 0 fully saturated rings. The van der Waals surface area contributed by atoms with Crippen LogP contribution in [-0.2, 0) is 0 Å². The maximum absolute atomic E-state index is 12.9. The zero-order chi connectivity index (χ0) is 19.5. The summed E-state index contributed by atoms with van der Waals surface area (Å²) in [4.78, 5) is 21.7. The third-order valence-electron chi connectivity index (χ3n) is 4.46. The lowest BCUT2D eigenvalue weighted by Gasteiger charge is -2.16. The fourth-order valence-electron chi connectivity index (χ4n) is 2.97. The van der Waals surface area contributed by atoms with E-state index in [1.165, 1.54) is 0 Å². The van der Waals surface area contributed by atoms with Crippen molar-refractivity contribution >= 4 is 28.3 Å². The lowest BCUT2D eigenvalue weighted by Crippen LogP contribution is -2.28. The Bertz CT molecular complexity index is 1120. The normalized spacial score (nSPS) is 11.9. The molecule has 4 aromatic rings. The molecule has 28 heavy (non-hydrogen) atoms. The molecule has 0 saturated heterocycles. The molecule has 0 radical (unpaired) electrons. The van der Waals surface area contributed by atoms with Gasteiger partial charge in [-0.1, -0.05) is 6.07 Å². The molecule has 1 atom stereocenters. The highest BCUT2D eigenvalue weighted by Crippen LogP contribution is 2.23. The highest BCUT2D eigenvalue weighted by Gasteiger charge is 2.17. The van der Waals surface area contributed by atoms with E-state index in [0.717, 1.165) is 28.0 Å². The van der Waals surface area contributed by atoms with Gasteiger partial charge in [0.2, 0.25) is 0 Å². The largest absolute Gasteiger partial charge is 0.344 e. The number of pyridine rings is 2. The van der Waals surface area contributed by atoms with E-state index in [9.17, 15) is 4.79 Å². The molecule has 0 aliphatic rings. The maximum Gasteiger partial charge on any atom is 0.255 e. The van der Waals surface area contributed by atoms with Crippen molar-refractivity contribution in [2.24, 2.45) is 0 Å². The Morgan fingerprint density at radius 1 is 1.14 bits per heavy atom. The molecule has 140 valence electrons. The van der Waals surface area contributed by atoms with E-state index < -0.39 is 0 Å². The van der Waals surface area contributed by atoms with Crippen LogP contribution in [0.1, 0.15) is 34.7 Å². The number of anilines is 2. The number of hydrogen-bond donors (Lipinski definition) is 3. The number of aryl methyl sites for hydroxylation is 1. The maximum atomic E-state index is 12.9. The summed E-state index contributed by atoms with van der Waals surface area (Å²) in [7, 11) is 0. The van der Waals surface area contributed by atoms with Crippen LogP contribution in [0.2, 0.25) is 0 Å². The average Bonchev–Trinajstić information content (AvgIpc) is 3.16. The van der Waals surface area contributed by atoms with Crippen molar-refractivity contribution in [3.63, 3.8) is 0 Å². The van der Waals surface area contributed by atoms with Gasteiger partial charge in [-0.15, -0.1) is 0 Å². The van der Waals surface area contributed by atoms with Crippen LogP contribution in [-0.4, -0.2) is 26.1 Å². The lowest BCUT2D eigenvalue weighted by atomic mass is 10.1. The van der Waals surface area contributed by atoms with Crippen LogP contribution in [0.5, 0.6) is 0 Å². The van der Waals surface area contributed by atoms with E-state index in [4.69, 9.17) is 0 Å². The molecular formula is C21H20N6O. The van der Waals surface area contributed by atoms with Gasteiger partial charge in [-0.3, -0.25) is 14.9 Å². The van der Waals surface area contributed by atoms with E-state index >= 15 is 0 Å². The summed E-state index contributed by atoms with van der Waals surface area (Å²) in [5.74, 6) is 0.297. The standard InChI is InChI=1S/C21H20N6O/c1-13-6-8-17(21(28)25-14(2)18-5-3-4-10-22-18)20(24-13)26-16-7-9-19-15(11-16)12-23-27-19/h3-12,14H,1-2H3,(H,23,27)(H,24,26)(H,25,28). The molecule has 0 bridgehead atoms. The minimum Gasteiger partial charge on any atom is -0.344 e. The van der Waals surface area contributed by atoms with Gasteiger partial charge in [0.05, 0.1) is 29.0 Å². The Morgan fingerprint density at radius 2 is 2.04 bits per heavy atom. The molecule has 0 saturated carbocycles. The van der Waals surface area contributed by atoms with E-state index in [1.807, 2.05) is 56.3 Å². The van der Waals surface area contributed by atoms with E-state index in [0.29, 0.717) is 11.4 Å². The summed E-state index contributed by atoms with van der Waals surface area (Å²) in [5.41, 5.74) is 3.88. The number of aromatic nitrogens is 4. The molecule has 1 amide bonds. The second-order valence-electron chi connectivity index (χ2n) is 6.60. The number of rotatable bonds is 5. The lowest BCUT2D eigenvalue weighted by molar-refractivity contribution is 0.0939. The van der Waals surface area contributed by atoms with E-state index in [-0.39, 0.29) is 11.9 Å². The van der Waals surface area contributed by atoms with Gasteiger partial charge in [-0.05, 0) is 56.3 Å². The average molecular weight is 372 g/mol. The number of carbonyl (C=O) groups is 1. The van der Waals surface area contributed by atoms with Crippen molar-refractivity contribution in [3.8, 4) is 0 Å². The van der Waals surface area contributed by atoms with E-state index in [2.05, 4.69) is 30.8 Å². The Labute approximate surface area is 162 Å². The smallest absolute Gasteiger partial charge is 0.255 e. The number of aromatic amines is 1. The van der Waals surface area contributed by atoms with Crippen LogP contribution in [0.15, 0.2) is 60.9 Å². The van der Waals surface area contributed by atoms with E-state index in [1.54, 1.807) is 18.5 Å². The van der Waals surface area contributed by atoms with Gasteiger partial charge in [0.1, 0.15) is 5.82 Å². The van der Waals surface area contributed by atoms with Crippen molar-refractivity contribution in [1.29, 1.82) is 0 Å². The molecule has 3 N–H and O–H groups in total. The first-order valence-electron chi connectivity index (χ1n) is 9.00. The highest BCUT2D eigenvalue weighted by molar-refractivity contribution is 5.99. The van der Waals surface area contributed by atoms with Crippen molar-refractivity contribution in [2.45, 2.75) is 19.9 Å². The molecule has 7 heteroatoms. The number of carbonyl (C=O) groups excluding carboxylic acids is 1. The summed E-state index contributed by atoms with van der Waals surface area (Å²) < 4.78 is 0. The Balaban J connectivity index is 1.59. The molecule has 0 aliphatic heterocycles. The first-order chi connectivity index (χ1) is 13.6. The molecule has 1 unspecified atom stereocenters. The first kappa shape index (κ1) is 17.7. The van der Waals surface area contributed by atoms with Gasteiger partial charge in [0.15, 0.2) is 0 Å². The van der Waals surface area contributed by atoms with Crippen molar-refractivity contribution in [2.75, 3.05) is 5.32 Å². The number of amides is 1. The fraction of sp³-hybridized carbons (Fsp3) is 0.143. The number of benzene rings is 1. The number of nitrogens with zero attached hydrogens (tertiary/aromatic N) is 3. The van der Waals surface area contributed by atoms with Crippen LogP contribution < -0.4 is 10.6 Å². The summed E-state index contributed by atoms with van der Waals surface area (Å²) in [5, 5.41) is 14.2. The number of H-pyrrole nitrogens is 1. The first-order valence-corrected chi connectivity index (χ1v) is 9.00. The molecule has 3 heterocycles. The highest BCUT2D eigenvalue weighted by atomic mass is 16.1. The quantitative estimate of drug-likeness (QED) is 0.494. The number of nitrogens with one attached hydrogen (secondary N) is 3. The Morgan fingerprint density at radius 3 is 2.86 bits per heavy atom. The number of hydrogen-bond acceptors (Lipinski definition) is 5. The molecule has 0 aliphatic carbocycles. The summed E-state index contributed by atoms with van der Waals surface area (Å²) in [6.07, 6.45) is 3.47. The molecular weight excluding hydrogens is 352 g/mol. The summed E-state index contributed by atoms with van der Waals surface area (Å²) >= 11 is 0. The van der Waals surface area contributed by atoms with Crippen LogP contribution in [0, 0.1) is 6.92 Å². The van der Waals surface area contributed by atoms with Gasteiger partial charge in [0, 0.05) is 23.0 Å². The van der Waals surface area contributed by atoms with Crippen molar-refractivity contribution < 1.29 is 4.79 Å². The van der Waals surface area contributed by atoms with Crippen molar-refractivity contribution in [3.05, 3.63) is 77.9 Å². The van der Waals surface area contributed by atoms with Gasteiger partial charge in [-0.2, -0.15) is 5.10 Å². The third kappa shape index (κ3) is 3.68. The fourth-order valence-corrected chi connectivity index (χ4v) is 2.97.